The predicted octanol–water partition coefficient (Wildman–Crippen LogP) is 9.72. The Labute approximate surface area is 209 Å². The molecular formula is C19H17Br5F4O. The van der Waals surface area contributed by atoms with Crippen molar-refractivity contribution in [1.82, 2.24) is 0 Å². The molecule has 0 amide bonds. The third-order valence-corrected chi connectivity index (χ3v) is 4.41. The van der Waals surface area contributed by atoms with Gasteiger partial charge in [-0.05, 0) is 105 Å². The minimum Gasteiger partial charge on any atom is -0.496 e. The molecule has 10 heteroatoms. The molecule has 0 aliphatic heterocycles. The van der Waals surface area contributed by atoms with Gasteiger partial charge in [0.05, 0.1) is 12.7 Å². The molecule has 0 aliphatic rings. The van der Waals surface area contributed by atoms with E-state index >= 15 is 0 Å². The molecule has 2 aromatic carbocycles. The minimum absolute atomic E-state index is 0.0588. The summed E-state index contributed by atoms with van der Waals surface area (Å²) >= 11 is 15.7. The van der Waals surface area contributed by atoms with Gasteiger partial charge in [0.2, 0.25) is 0 Å². The summed E-state index contributed by atoms with van der Waals surface area (Å²) in [6.07, 6.45) is -4.41. The molecule has 162 valence electrons. The molecular weight excluding hydrogens is 720 g/mol. The van der Waals surface area contributed by atoms with Gasteiger partial charge >= 0.3 is 6.18 Å². The molecule has 2 aromatic rings. The molecule has 29 heavy (non-hydrogen) atoms. The van der Waals surface area contributed by atoms with Crippen molar-refractivity contribution >= 4 is 79.6 Å². The molecule has 0 saturated carbocycles. The van der Waals surface area contributed by atoms with E-state index in [1.165, 1.54) is 19.2 Å². The number of alkyl halides is 8. The fourth-order valence-corrected chi connectivity index (χ4v) is 3.00. The molecule has 0 atom stereocenters. The van der Waals surface area contributed by atoms with Crippen LogP contribution in [0.1, 0.15) is 36.5 Å². The van der Waals surface area contributed by atoms with Gasteiger partial charge in [0.1, 0.15) is 11.6 Å². The number of ether oxygens (including phenoxy) is 1. The molecule has 0 aliphatic carbocycles. The average Bonchev–Trinajstić information content (AvgIpc) is 2.58. The summed E-state index contributed by atoms with van der Waals surface area (Å²) in [7, 11) is 1.41. The summed E-state index contributed by atoms with van der Waals surface area (Å²) in [5.41, 5.74) is 1.39. The summed E-state index contributed by atoms with van der Waals surface area (Å²) in [5, 5.41) is 0.240. The summed E-state index contributed by atoms with van der Waals surface area (Å²) in [6.45, 7) is 3.71. The van der Waals surface area contributed by atoms with Gasteiger partial charge in [-0.15, -0.1) is 0 Å². The first-order valence-corrected chi connectivity index (χ1v) is 12.4. The first-order chi connectivity index (χ1) is 13.2. The second kappa shape index (κ2) is 11.3. The first kappa shape index (κ1) is 27.4. The van der Waals surface area contributed by atoms with Crippen molar-refractivity contribution in [3.05, 3.63) is 52.8 Å². The van der Waals surface area contributed by atoms with Gasteiger partial charge in [0.15, 0.2) is 1.05 Å². The third-order valence-electron chi connectivity index (χ3n) is 3.81. The number of benzene rings is 2. The van der Waals surface area contributed by atoms with Crippen LogP contribution in [0.15, 0.2) is 30.3 Å². The van der Waals surface area contributed by atoms with E-state index in [1.807, 2.05) is 13.8 Å². The van der Waals surface area contributed by atoms with E-state index in [4.69, 9.17) is 4.74 Å². The number of rotatable bonds is 4. The van der Waals surface area contributed by atoms with E-state index < -0.39 is 17.6 Å². The number of hydrogen-bond acceptors (Lipinski definition) is 1. The maximum atomic E-state index is 14.1. The van der Waals surface area contributed by atoms with Gasteiger partial charge in [0.25, 0.3) is 0 Å². The largest absolute Gasteiger partial charge is 0.496 e. The van der Waals surface area contributed by atoms with E-state index in [0.29, 0.717) is 28.0 Å². The zero-order valence-electron chi connectivity index (χ0n) is 15.5. The highest BCUT2D eigenvalue weighted by atomic mass is 80.0. The van der Waals surface area contributed by atoms with Crippen molar-refractivity contribution in [2.75, 3.05) is 7.11 Å². The summed E-state index contributed by atoms with van der Waals surface area (Å²) in [6, 6.07) is 6.45. The lowest BCUT2D eigenvalue weighted by molar-refractivity contribution is -0.137. The molecule has 1 nitrogen and oxygen atoms in total. The van der Waals surface area contributed by atoms with Crippen molar-refractivity contribution in [1.29, 1.82) is 0 Å². The average molecular weight is 737 g/mol. The number of methoxy groups -OCH3 is 1. The molecule has 0 aromatic heterocycles. The zero-order chi connectivity index (χ0) is 22.6. The maximum absolute atomic E-state index is 14.1. The zero-order valence-corrected chi connectivity index (χ0v) is 23.4. The van der Waals surface area contributed by atoms with Gasteiger partial charge in [-0.25, -0.2) is 4.39 Å². The predicted molar refractivity (Wildman–Crippen MR) is 129 cm³/mol. The Bertz CT molecular complexity index is 827. The Hall–Kier alpha value is 0.360. The fraction of sp³-hybridized carbons (Fsp3) is 0.368. The van der Waals surface area contributed by atoms with Gasteiger partial charge in [-0.1, -0.05) is 35.8 Å². The van der Waals surface area contributed by atoms with Crippen LogP contribution in [0.3, 0.4) is 0 Å². The molecule has 0 heterocycles. The molecule has 2 rings (SSSR count). The highest BCUT2D eigenvalue weighted by Crippen LogP contribution is 2.40. The Morgan fingerprint density at radius 1 is 0.966 bits per heavy atom. The number of hydrogen-bond donors (Lipinski definition) is 0. The lowest BCUT2D eigenvalue weighted by Gasteiger charge is -2.17. The van der Waals surface area contributed by atoms with E-state index in [-0.39, 0.29) is 12.3 Å². The lowest BCUT2D eigenvalue weighted by Crippen LogP contribution is -2.06. The Balaban J connectivity index is 0.000000749. The van der Waals surface area contributed by atoms with Crippen molar-refractivity contribution in [2.24, 2.45) is 0 Å². The lowest BCUT2D eigenvalue weighted by atomic mass is 9.93. The van der Waals surface area contributed by atoms with Crippen LogP contribution in [-0.2, 0) is 11.5 Å². The molecule has 0 fully saturated rings. The van der Waals surface area contributed by atoms with Crippen LogP contribution in [-0.4, -0.2) is 8.16 Å². The minimum atomic E-state index is -4.41. The molecule has 0 unspecified atom stereocenters. The molecule has 0 saturated heterocycles. The molecule has 0 spiro atoms. The van der Waals surface area contributed by atoms with Crippen molar-refractivity contribution in [3.63, 3.8) is 0 Å². The Morgan fingerprint density at radius 2 is 1.52 bits per heavy atom. The molecule has 0 N–H and O–H groups in total. The second-order valence-electron chi connectivity index (χ2n) is 6.16. The van der Waals surface area contributed by atoms with Crippen LogP contribution in [0, 0.1) is 5.82 Å². The number of halogens is 9. The summed E-state index contributed by atoms with van der Waals surface area (Å²) in [5.74, 6) is -0.159. The highest BCUT2D eigenvalue weighted by Gasteiger charge is 2.31. The highest BCUT2D eigenvalue weighted by molar-refractivity contribution is 9.52. The maximum Gasteiger partial charge on any atom is 0.416 e. The van der Waals surface area contributed by atoms with Crippen molar-refractivity contribution in [2.45, 2.75) is 32.3 Å². The van der Waals surface area contributed by atoms with Crippen LogP contribution < -0.4 is 4.74 Å². The van der Waals surface area contributed by atoms with E-state index in [2.05, 4.69) is 79.6 Å². The monoisotopic (exact) mass is 732 g/mol. The van der Waals surface area contributed by atoms with Crippen LogP contribution in [0.2, 0.25) is 0 Å². The van der Waals surface area contributed by atoms with Gasteiger partial charge in [-0.2, -0.15) is 13.2 Å². The second-order valence-corrected chi connectivity index (χ2v) is 17.9. The van der Waals surface area contributed by atoms with Crippen LogP contribution in [0.4, 0.5) is 17.6 Å². The van der Waals surface area contributed by atoms with Crippen LogP contribution >= 0.6 is 79.6 Å². The SMILES string of the molecule is BrC(Br)(Br)Br.COc1cc(F)c(C(C)C)cc1-c1ccc(C(F)(F)F)cc1CBr. The Morgan fingerprint density at radius 3 is 1.93 bits per heavy atom. The molecule has 0 radical (unpaired) electrons. The van der Waals surface area contributed by atoms with Crippen molar-refractivity contribution < 1.29 is 22.3 Å². The van der Waals surface area contributed by atoms with Crippen LogP contribution in [0.5, 0.6) is 5.75 Å². The van der Waals surface area contributed by atoms with Crippen molar-refractivity contribution in [3.8, 4) is 16.9 Å². The Kier molecular flexibility index (Phi) is 10.7. The van der Waals surface area contributed by atoms with Gasteiger partial charge in [-0.3, -0.25) is 0 Å². The van der Waals surface area contributed by atoms with E-state index in [1.54, 1.807) is 6.07 Å². The smallest absolute Gasteiger partial charge is 0.416 e. The standard InChI is InChI=1S/C18H17BrF4O.CBr4/c1-10(2)14-7-15(17(24-3)8-16(14)20)13-5-4-12(18(21,22)23)6-11(13)9-19;2-1(3,4)5/h4-8,10H,9H2,1-3H3;. The topological polar surface area (TPSA) is 9.23 Å². The summed E-state index contributed by atoms with van der Waals surface area (Å²) < 4.78 is 57.9. The first-order valence-electron chi connectivity index (χ1n) is 8.08. The fourth-order valence-electron chi connectivity index (χ4n) is 2.54. The normalized spacial score (nSPS) is 11.9. The van der Waals surface area contributed by atoms with E-state index in [0.717, 1.165) is 12.1 Å². The molecule has 0 bridgehead atoms. The van der Waals surface area contributed by atoms with E-state index in [9.17, 15) is 17.6 Å². The van der Waals surface area contributed by atoms with Gasteiger partial charge in [0, 0.05) is 17.0 Å². The van der Waals surface area contributed by atoms with Gasteiger partial charge < -0.3 is 4.74 Å². The third kappa shape index (κ3) is 8.79. The summed E-state index contributed by atoms with van der Waals surface area (Å²) in [4.78, 5) is 0. The quantitative estimate of drug-likeness (QED) is 0.225. The van der Waals surface area contributed by atoms with Crippen LogP contribution in [0.25, 0.3) is 11.1 Å².